The highest BCUT2D eigenvalue weighted by Gasteiger charge is 2.13. The monoisotopic (exact) mass is 286 g/mol. The molecule has 1 aliphatic heterocycles. The van der Waals surface area contributed by atoms with Gasteiger partial charge in [-0.3, -0.25) is 0 Å². The van der Waals surface area contributed by atoms with Crippen LogP contribution >= 0.6 is 15.9 Å². The highest BCUT2D eigenvalue weighted by Crippen LogP contribution is 2.32. The molecule has 0 atom stereocenters. The van der Waals surface area contributed by atoms with Crippen LogP contribution in [0.15, 0.2) is 59.1 Å². The van der Waals surface area contributed by atoms with Crippen molar-refractivity contribution in [3.8, 4) is 5.75 Å². The summed E-state index contributed by atoms with van der Waals surface area (Å²) in [6.45, 7) is 0. The maximum Gasteiger partial charge on any atom is 0.131 e. The van der Waals surface area contributed by atoms with Crippen molar-refractivity contribution in [2.45, 2.75) is 6.42 Å². The normalized spacial score (nSPS) is 13.6. The molecule has 0 fully saturated rings. The van der Waals surface area contributed by atoms with E-state index < -0.39 is 0 Å². The highest BCUT2D eigenvalue weighted by molar-refractivity contribution is 9.10. The van der Waals surface area contributed by atoms with E-state index in [0.29, 0.717) is 0 Å². The Morgan fingerprint density at radius 3 is 2.65 bits per heavy atom. The zero-order chi connectivity index (χ0) is 11.7. The van der Waals surface area contributed by atoms with Gasteiger partial charge < -0.3 is 4.74 Å². The van der Waals surface area contributed by atoms with Crippen molar-refractivity contribution in [3.63, 3.8) is 0 Å². The Morgan fingerprint density at radius 2 is 1.82 bits per heavy atom. The van der Waals surface area contributed by atoms with Crippen LogP contribution in [0.1, 0.15) is 11.1 Å². The topological polar surface area (TPSA) is 9.23 Å². The van der Waals surface area contributed by atoms with Crippen molar-refractivity contribution in [1.82, 2.24) is 0 Å². The van der Waals surface area contributed by atoms with Crippen molar-refractivity contribution in [1.29, 1.82) is 0 Å². The van der Waals surface area contributed by atoms with Crippen molar-refractivity contribution in [2.24, 2.45) is 0 Å². The molecule has 0 amide bonds. The quantitative estimate of drug-likeness (QED) is 0.754. The Hall–Kier alpha value is -1.54. The lowest BCUT2D eigenvalue weighted by atomic mass is 10.1. The maximum atomic E-state index is 5.91. The molecule has 0 aromatic heterocycles. The summed E-state index contributed by atoms with van der Waals surface area (Å²) in [5.74, 6) is 1.90. The Morgan fingerprint density at radius 1 is 1.00 bits per heavy atom. The summed E-state index contributed by atoms with van der Waals surface area (Å²) >= 11 is 3.47. The SMILES string of the molecule is Brc1ccc2c(c1)CC=C(c1ccccc1)O2. The van der Waals surface area contributed by atoms with Gasteiger partial charge >= 0.3 is 0 Å². The molecule has 0 radical (unpaired) electrons. The molecular formula is C15H11BrO. The second-order valence-electron chi connectivity index (χ2n) is 3.99. The molecule has 84 valence electrons. The summed E-state index contributed by atoms with van der Waals surface area (Å²) in [7, 11) is 0. The number of halogens is 1. The van der Waals surface area contributed by atoms with Gasteiger partial charge in [-0.15, -0.1) is 0 Å². The maximum absolute atomic E-state index is 5.91. The molecule has 17 heavy (non-hydrogen) atoms. The standard InChI is InChI=1S/C15H11BrO/c16-13-7-9-15-12(10-13)6-8-14(17-15)11-4-2-1-3-5-11/h1-5,7-10H,6H2. The van der Waals surface area contributed by atoms with Crippen LogP contribution in [-0.4, -0.2) is 0 Å². The fourth-order valence-corrected chi connectivity index (χ4v) is 2.36. The number of ether oxygens (including phenoxy) is 1. The summed E-state index contributed by atoms with van der Waals surface area (Å²) in [5.41, 5.74) is 2.35. The number of allylic oxidation sites excluding steroid dienone is 1. The third-order valence-corrected chi connectivity index (χ3v) is 3.30. The first-order valence-corrected chi connectivity index (χ1v) is 6.34. The summed E-state index contributed by atoms with van der Waals surface area (Å²) in [4.78, 5) is 0. The van der Waals surface area contributed by atoms with Crippen LogP contribution in [0, 0.1) is 0 Å². The van der Waals surface area contributed by atoms with Crippen LogP contribution < -0.4 is 4.74 Å². The van der Waals surface area contributed by atoms with Gasteiger partial charge in [0.2, 0.25) is 0 Å². The van der Waals surface area contributed by atoms with Crippen molar-refractivity contribution in [3.05, 3.63) is 70.2 Å². The average molecular weight is 287 g/mol. The fraction of sp³-hybridized carbons (Fsp3) is 0.0667. The van der Waals surface area contributed by atoms with Gasteiger partial charge in [-0.2, -0.15) is 0 Å². The molecule has 0 aliphatic carbocycles. The Labute approximate surface area is 109 Å². The van der Waals surface area contributed by atoms with E-state index in [0.717, 1.165) is 28.0 Å². The minimum absolute atomic E-state index is 0.916. The zero-order valence-electron chi connectivity index (χ0n) is 9.19. The van der Waals surface area contributed by atoms with Gasteiger partial charge in [0.05, 0.1) is 0 Å². The molecule has 2 aromatic rings. The van der Waals surface area contributed by atoms with Crippen molar-refractivity contribution < 1.29 is 4.74 Å². The number of benzene rings is 2. The first kappa shape index (κ1) is 10.6. The molecule has 0 unspecified atom stereocenters. The number of fused-ring (bicyclic) bond motifs is 1. The number of rotatable bonds is 1. The predicted octanol–water partition coefficient (Wildman–Crippen LogP) is 4.43. The lowest BCUT2D eigenvalue weighted by Gasteiger charge is -2.18. The van der Waals surface area contributed by atoms with Crippen LogP contribution in [0.5, 0.6) is 5.75 Å². The van der Waals surface area contributed by atoms with Crippen LogP contribution in [-0.2, 0) is 6.42 Å². The lowest BCUT2D eigenvalue weighted by molar-refractivity contribution is 0.498. The molecule has 1 aliphatic rings. The minimum atomic E-state index is 0.916. The molecule has 2 aromatic carbocycles. The second kappa shape index (κ2) is 4.38. The summed E-state index contributed by atoms with van der Waals surface area (Å²) in [6, 6.07) is 16.3. The van der Waals surface area contributed by atoms with E-state index in [1.807, 2.05) is 30.3 Å². The van der Waals surface area contributed by atoms with E-state index in [2.05, 4.69) is 40.2 Å². The van der Waals surface area contributed by atoms with Gasteiger partial charge in [0.25, 0.3) is 0 Å². The zero-order valence-corrected chi connectivity index (χ0v) is 10.8. The molecule has 1 nitrogen and oxygen atoms in total. The first-order valence-electron chi connectivity index (χ1n) is 5.55. The molecule has 0 bridgehead atoms. The largest absolute Gasteiger partial charge is 0.457 e. The molecule has 3 rings (SSSR count). The van der Waals surface area contributed by atoms with Gasteiger partial charge in [0.1, 0.15) is 11.5 Å². The van der Waals surface area contributed by atoms with E-state index in [1.165, 1.54) is 5.56 Å². The van der Waals surface area contributed by atoms with E-state index in [-0.39, 0.29) is 0 Å². The van der Waals surface area contributed by atoms with Crippen molar-refractivity contribution in [2.75, 3.05) is 0 Å². The highest BCUT2D eigenvalue weighted by atomic mass is 79.9. The Bertz CT molecular complexity index is 573. The van der Waals surface area contributed by atoms with Gasteiger partial charge in [-0.25, -0.2) is 0 Å². The molecule has 0 saturated heterocycles. The number of hydrogen-bond donors (Lipinski definition) is 0. The molecule has 1 heterocycles. The van der Waals surface area contributed by atoms with Gasteiger partial charge in [0, 0.05) is 10.0 Å². The van der Waals surface area contributed by atoms with Crippen LogP contribution in [0.3, 0.4) is 0 Å². The summed E-state index contributed by atoms with van der Waals surface area (Å²) in [5, 5.41) is 0. The van der Waals surface area contributed by atoms with Crippen LogP contribution in [0.4, 0.5) is 0 Å². The van der Waals surface area contributed by atoms with Gasteiger partial charge in [0.15, 0.2) is 0 Å². The van der Waals surface area contributed by atoms with Gasteiger partial charge in [-0.1, -0.05) is 46.3 Å². The second-order valence-corrected chi connectivity index (χ2v) is 4.91. The van der Waals surface area contributed by atoms with Gasteiger partial charge in [-0.05, 0) is 36.3 Å². The summed E-state index contributed by atoms with van der Waals surface area (Å²) in [6.07, 6.45) is 3.04. The predicted molar refractivity (Wildman–Crippen MR) is 72.9 cm³/mol. The Balaban J connectivity index is 1.95. The van der Waals surface area contributed by atoms with E-state index in [9.17, 15) is 0 Å². The third-order valence-electron chi connectivity index (χ3n) is 2.81. The van der Waals surface area contributed by atoms with Crippen LogP contribution in [0.2, 0.25) is 0 Å². The average Bonchev–Trinajstić information content (AvgIpc) is 2.39. The van der Waals surface area contributed by atoms with Crippen LogP contribution in [0.25, 0.3) is 5.76 Å². The van der Waals surface area contributed by atoms with E-state index in [4.69, 9.17) is 4.74 Å². The molecule has 0 spiro atoms. The lowest BCUT2D eigenvalue weighted by Crippen LogP contribution is -2.03. The smallest absolute Gasteiger partial charge is 0.131 e. The fourth-order valence-electron chi connectivity index (χ4n) is 1.95. The van der Waals surface area contributed by atoms with Crippen molar-refractivity contribution >= 4 is 21.7 Å². The third kappa shape index (κ3) is 2.13. The Kier molecular flexibility index (Phi) is 2.73. The summed E-state index contributed by atoms with van der Waals surface area (Å²) < 4.78 is 7.01. The first-order chi connectivity index (χ1) is 8.33. The van der Waals surface area contributed by atoms with E-state index >= 15 is 0 Å². The number of hydrogen-bond acceptors (Lipinski definition) is 1. The molecule has 0 saturated carbocycles. The molecule has 0 N–H and O–H groups in total. The minimum Gasteiger partial charge on any atom is -0.457 e. The van der Waals surface area contributed by atoms with E-state index in [1.54, 1.807) is 0 Å². The molecular weight excluding hydrogens is 276 g/mol. The molecule has 2 heteroatoms.